The van der Waals surface area contributed by atoms with E-state index < -0.39 is 0 Å². The van der Waals surface area contributed by atoms with Gasteiger partial charge in [-0.2, -0.15) is 0 Å². The SMILES string of the molecule is CCC(=O)c1ccc(OCC(=O)N[C@H]2CCCNC2)cc1. The van der Waals surface area contributed by atoms with Crippen LogP contribution in [0.5, 0.6) is 5.75 Å². The van der Waals surface area contributed by atoms with Gasteiger partial charge in [-0.15, -0.1) is 0 Å². The summed E-state index contributed by atoms with van der Waals surface area (Å²) in [4.78, 5) is 23.3. The zero-order valence-corrected chi connectivity index (χ0v) is 12.4. The van der Waals surface area contributed by atoms with E-state index >= 15 is 0 Å². The third-order valence-electron chi connectivity index (χ3n) is 3.53. The second kappa shape index (κ2) is 7.78. The third-order valence-corrected chi connectivity index (χ3v) is 3.53. The van der Waals surface area contributed by atoms with Gasteiger partial charge in [0.15, 0.2) is 12.4 Å². The highest BCUT2D eigenvalue weighted by atomic mass is 16.5. The third kappa shape index (κ3) is 4.86. The lowest BCUT2D eigenvalue weighted by Crippen LogP contribution is -2.46. The Morgan fingerprint density at radius 2 is 2.10 bits per heavy atom. The van der Waals surface area contributed by atoms with E-state index in [-0.39, 0.29) is 24.3 Å². The molecule has 0 aliphatic carbocycles. The van der Waals surface area contributed by atoms with Crippen molar-refractivity contribution in [1.29, 1.82) is 0 Å². The number of hydrogen-bond donors (Lipinski definition) is 2. The lowest BCUT2D eigenvalue weighted by atomic mass is 10.1. The molecule has 1 aliphatic rings. The molecule has 0 bridgehead atoms. The Kier molecular flexibility index (Phi) is 5.75. The highest BCUT2D eigenvalue weighted by Gasteiger charge is 2.15. The van der Waals surface area contributed by atoms with E-state index in [1.54, 1.807) is 24.3 Å². The van der Waals surface area contributed by atoms with Crippen molar-refractivity contribution in [2.24, 2.45) is 0 Å². The number of nitrogens with one attached hydrogen (secondary N) is 2. The maximum atomic E-state index is 11.8. The van der Waals surface area contributed by atoms with Crippen LogP contribution in [0.15, 0.2) is 24.3 Å². The van der Waals surface area contributed by atoms with Crippen LogP contribution < -0.4 is 15.4 Å². The summed E-state index contributed by atoms with van der Waals surface area (Å²) in [6, 6.07) is 7.09. The van der Waals surface area contributed by atoms with Gasteiger partial charge in [0.1, 0.15) is 5.75 Å². The van der Waals surface area contributed by atoms with Gasteiger partial charge < -0.3 is 15.4 Å². The highest BCUT2D eigenvalue weighted by Crippen LogP contribution is 2.13. The Balaban J connectivity index is 1.76. The molecule has 0 aromatic heterocycles. The first-order valence-electron chi connectivity index (χ1n) is 7.45. The zero-order chi connectivity index (χ0) is 15.1. The van der Waals surface area contributed by atoms with Gasteiger partial charge in [0.05, 0.1) is 0 Å². The molecule has 1 fully saturated rings. The van der Waals surface area contributed by atoms with Crippen LogP contribution in [0.25, 0.3) is 0 Å². The molecule has 21 heavy (non-hydrogen) atoms. The molecule has 1 amide bonds. The highest BCUT2D eigenvalue weighted by molar-refractivity contribution is 5.95. The molecule has 5 heteroatoms. The summed E-state index contributed by atoms with van der Waals surface area (Å²) in [6.07, 6.45) is 2.57. The average Bonchev–Trinajstić information content (AvgIpc) is 2.53. The van der Waals surface area contributed by atoms with Gasteiger partial charge in [-0.05, 0) is 43.7 Å². The summed E-state index contributed by atoms with van der Waals surface area (Å²) in [5.41, 5.74) is 0.669. The molecule has 2 rings (SSSR count). The first kappa shape index (κ1) is 15.5. The van der Waals surface area contributed by atoms with Crippen LogP contribution in [-0.4, -0.2) is 37.4 Å². The Hall–Kier alpha value is -1.88. The van der Waals surface area contributed by atoms with Crippen molar-refractivity contribution >= 4 is 11.7 Å². The number of amides is 1. The number of Topliss-reactive ketones (excluding diaryl/α,β-unsaturated/α-hetero) is 1. The molecule has 0 radical (unpaired) electrons. The van der Waals surface area contributed by atoms with E-state index in [1.807, 2.05) is 6.92 Å². The average molecular weight is 290 g/mol. The van der Waals surface area contributed by atoms with Crippen molar-refractivity contribution in [2.45, 2.75) is 32.2 Å². The zero-order valence-electron chi connectivity index (χ0n) is 12.4. The summed E-state index contributed by atoms with van der Waals surface area (Å²) in [7, 11) is 0. The fraction of sp³-hybridized carbons (Fsp3) is 0.500. The topological polar surface area (TPSA) is 67.4 Å². The summed E-state index contributed by atoms with van der Waals surface area (Å²) in [6.45, 7) is 3.67. The van der Waals surface area contributed by atoms with Crippen molar-refractivity contribution < 1.29 is 14.3 Å². The first-order valence-corrected chi connectivity index (χ1v) is 7.45. The van der Waals surface area contributed by atoms with Gasteiger partial charge in [0.2, 0.25) is 0 Å². The van der Waals surface area contributed by atoms with Gasteiger partial charge in [-0.1, -0.05) is 6.92 Å². The number of carbonyl (C=O) groups is 2. The van der Waals surface area contributed by atoms with Crippen LogP contribution in [0.3, 0.4) is 0 Å². The molecule has 1 heterocycles. The van der Waals surface area contributed by atoms with Crippen molar-refractivity contribution in [3.05, 3.63) is 29.8 Å². The van der Waals surface area contributed by atoms with Crippen molar-refractivity contribution in [3.8, 4) is 5.75 Å². The molecule has 2 N–H and O–H groups in total. The Labute approximate surface area is 125 Å². The van der Waals surface area contributed by atoms with Crippen molar-refractivity contribution in [2.75, 3.05) is 19.7 Å². The lowest BCUT2D eigenvalue weighted by molar-refractivity contribution is -0.123. The molecular formula is C16H22N2O3. The van der Waals surface area contributed by atoms with Gasteiger partial charge in [0.25, 0.3) is 5.91 Å². The van der Waals surface area contributed by atoms with E-state index in [4.69, 9.17) is 4.74 Å². The van der Waals surface area contributed by atoms with Crippen LogP contribution in [0.1, 0.15) is 36.5 Å². The maximum Gasteiger partial charge on any atom is 0.258 e. The minimum Gasteiger partial charge on any atom is -0.484 e. The molecule has 1 aromatic rings. The lowest BCUT2D eigenvalue weighted by Gasteiger charge is -2.23. The summed E-state index contributed by atoms with van der Waals surface area (Å²) in [5, 5.41) is 6.20. The molecule has 0 saturated carbocycles. The minimum absolute atomic E-state index is 0.00241. The molecule has 1 aromatic carbocycles. The molecule has 1 saturated heterocycles. The van der Waals surface area contributed by atoms with Crippen LogP contribution >= 0.6 is 0 Å². The summed E-state index contributed by atoms with van der Waals surface area (Å²) in [5.74, 6) is 0.584. The normalized spacial score (nSPS) is 18.0. The smallest absolute Gasteiger partial charge is 0.258 e. The van der Waals surface area contributed by atoms with Gasteiger partial charge in [-0.25, -0.2) is 0 Å². The van der Waals surface area contributed by atoms with Gasteiger partial charge in [-0.3, -0.25) is 9.59 Å². The largest absolute Gasteiger partial charge is 0.484 e. The minimum atomic E-state index is -0.114. The fourth-order valence-corrected chi connectivity index (χ4v) is 2.33. The molecular weight excluding hydrogens is 268 g/mol. The summed E-state index contributed by atoms with van der Waals surface area (Å²) >= 11 is 0. The first-order chi connectivity index (χ1) is 10.2. The van der Waals surface area contributed by atoms with Crippen LogP contribution in [-0.2, 0) is 4.79 Å². The maximum absolute atomic E-state index is 11.8. The summed E-state index contributed by atoms with van der Waals surface area (Å²) < 4.78 is 5.43. The second-order valence-corrected chi connectivity index (χ2v) is 5.20. The van der Waals surface area contributed by atoms with Gasteiger partial charge in [0, 0.05) is 24.6 Å². The number of ether oxygens (including phenoxy) is 1. The van der Waals surface area contributed by atoms with E-state index in [0.717, 1.165) is 25.9 Å². The quantitative estimate of drug-likeness (QED) is 0.780. The Morgan fingerprint density at radius 3 is 2.71 bits per heavy atom. The number of carbonyl (C=O) groups excluding carboxylic acids is 2. The van der Waals surface area contributed by atoms with E-state index in [1.165, 1.54) is 0 Å². The predicted octanol–water partition coefficient (Wildman–Crippen LogP) is 1.53. The Morgan fingerprint density at radius 1 is 1.33 bits per heavy atom. The molecule has 1 aliphatic heterocycles. The molecule has 1 atom stereocenters. The molecule has 114 valence electrons. The van der Waals surface area contributed by atoms with Crippen LogP contribution in [0.2, 0.25) is 0 Å². The standard InChI is InChI=1S/C16H22N2O3/c1-2-15(19)12-5-7-14(8-6-12)21-11-16(20)18-13-4-3-9-17-10-13/h5-8,13,17H,2-4,9-11H2,1H3,(H,18,20)/t13-/m0/s1. The fourth-order valence-electron chi connectivity index (χ4n) is 2.33. The van der Waals surface area contributed by atoms with E-state index in [9.17, 15) is 9.59 Å². The number of hydrogen-bond acceptors (Lipinski definition) is 4. The van der Waals surface area contributed by atoms with Gasteiger partial charge >= 0.3 is 0 Å². The second-order valence-electron chi connectivity index (χ2n) is 5.20. The monoisotopic (exact) mass is 290 g/mol. The molecule has 0 spiro atoms. The predicted molar refractivity (Wildman–Crippen MR) is 80.6 cm³/mol. The van der Waals surface area contributed by atoms with Crippen LogP contribution in [0.4, 0.5) is 0 Å². The molecule has 0 unspecified atom stereocenters. The number of piperidine rings is 1. The Bertz CT molecular complexity index is 479. The van der Waals surface area contributed by atoms with Crippen LogP contribution in [0, 0.1) is 0 Å². The number of ketones is 1. The number of benzene rings is 1. The van der Waals surface area contributed by atoms with E-state index in [2.05, 4.69) is 10.6 Å². The van der Waals surface area contributed by atoms with E-state index in [0.29, 0.717) is 17.7 Å². The number of rotatable bonds is 6. The van der Waals surface area contributed by atoms with Crippen molar-refractivity contribution in [1.82, 2.24) is 10.6 Å². The van der Waals surface area contributed by atoms with Crippen molar-refractivity contribution in [3.63, 3.8) is 0 Å². The molecule has 5 nitrogen and oxygen atoms in total.